The van der Waals surface area contributed by atoms with Crippen LogP contribution < -0.4 is 5.32 Å². The average molecular weight is 240 g/mol. The molecule has 1 saturated carbocycles. The molecule has 2 rings (SSSR count). The maximum atomic E-state index is 5.49. The zero-order valence-corrected chi connectivity index (χ0v) is 11.8. The standard InChI is InChI=1S/C14H28N2O/c1-5-15-13-12(6-8-14(13,2)3)16-9-7-11(10-16)17-4/h11-13,15H,5-10H2,1-4H3. The van der Waals surface area contributed by atoms with Gasteiger partial charge in [-0.1, -0.05) is 20.8 Å². The van der Waals surface area contributed by atoms with E-state index in [1.54, 1.807) is 0 Å². The van der Waals surface area contributed by atoms with E-state index in [4.69, 9.17) is 4.74 Å². The minimum Gasteiger partial charge on any atom is -0.380 e. The molecule has 1 aliphatic heterocycles. The van der Waals surface area contributed by atoms with Gasteiger partial charge < -0.3 is 10.1 Å². The molecule has 2 aliphatic rings. The summed E-state index contributed by atoms with van der Waals surface area (Å²) < 4.78 is 5.49. The molecular weight excluding hydrogens is 212 g/mol. The number of methoxy groups -OCH3 is 1. The first-order valence-corrected chi connectivity index (χ1v) is 7.08. The second-order valence-electron chi connectivity index (χ2n) is 6.27. The fourth-order valence-electron chi connectivity index (χ4n) is 3.64. The predicted octanol–water partition coefficient (Wildman–Crippen LogP) is 1.87. The maximum absolute atomic E-state index is 5.49. The number of hydrogen-bond acceptors (Lipinski definition) is 3. The van der Waals surface area contributed by atoms with E-state index in [-0.39, 0.29) is 0 Å². The summed E-state index contributed by atoms with van der Waals surface area (Å²) in [6.07, 6.45) is 4.33. The van der Waals surface area contributed by atoms with Crippen molar-refractivity contribution in [3.8, 4) is 0 Å². The Bertz CT molecular complexity index is 255. The Morgan fingerprint density at radius 1 is 1.35 bits per heavy atom. The topological polar surface area (TPSA) is 24.5 Å². The van der Waals surface area contributed by atoms with Gasteiger partial charge in [0.15, 0.2) is 0 Å². The number of likely N-dealkylation sites (tertiary alicyclic amines) is 1. The largest absolute Gasteiger partial charge is 0.380 e. The van der Waals surface area contributed by atoms with Crippen molar-refractivity contribution in [2.24, 2.45) is 5.41 Å². The van der Waals surface area contributed by atoms with Crippen molar-refractivity contribution in [2.75, 3.05) is 26.7 Å². The van der Waals surface area contributed by atoms with Crippen molar-refractivity contribution in [1.82, 2.24) is 10.2 Å². The summed E-state index contributed by atoms with van der Waals surface area (Å²) in [6, 6.07) is 1.35. The summed E-state index contributed by atoms with van der Waals surface area (Å²) in [5.74, 6) is 0. The highest BCUT2D eigenvalue weighted by Gasteiger charge is 2.45. The summed E-state index contributed by atoms with van der Waals surface area (Å²) in [5.41, 5.74) is 0.436. The molecule has 3 heteroatoms. The first-order chi connectivity index (χ1) is 8.08. The van der Waals surface area contributed by atoms with Gasteiger partial charge in [-0.25, -0.2) is 0 Å². The van der Waals surface area contributed by atoms with Crippen LogP contribution in [0.4, 0.5) is 0 Å². The van der Waals surface area contributed by atoms with E-state index < -0.39 is 0 Å². The lowest BCUT2D eigenvalue weighted by molar-refractivity contribution is 0.0942. The van der Waals surface area contributed by atoms with Crippen LogP contribution in [-0.2, 0) is 4.74 Å². The summed E-state index contributed by atoms with van der Waals surface area (Å²) in [5, 5.41) is 3.71. The monoisotopic (exact) mass is 240 g/mol. The average Bonchev–Trinajstić information content (AvgIpc) is 2.85. The molecule has 1 N–H and O–H groups in total. The molecule has 3 nitrogen and oxygen atoms in total. The molecule has 0 spiro atoms. The van der Waals surface area contributed by atoms with Crippen molar-refractivity contribution in [3.05, 3.63) is 0 Å². The van der Waals surface area contributed by atoms with Crippen LogP contribution in [0.1, 0.15) is 40.0 Å². The third-order valence-electron chi connectivity index (χ3n) is 4.71. The number of nitrogens with one attached hydrogen (secondary N) is 1. The molecule has 0 radical (unpaired) electrons. The van der Waals surface area contributed by atoms with Crippen molar-refractivity contribution >= 4 is 0 Å². The van der Waals surface area contributed by atoms with E-state index in [2.05, 4.69) is 31.0 Å². The maximum Gasteiger partial charge on any atom is 0.0710 e. The number of rotatable bonds is 4. The highest BCUT2D eigenvalue weighted by molar-refractivity contribution is 5.02. The highest BCUT2D eigenvalue weighted by atomic mass is 16.5. The molecule has 0 aromatic carbocycles. The number of hydrogen-bond donors (Lipinski definition) is 1. The molecular formula is C14H28N2O. The fourth-order valence-corrected chi connectivity index (χ4v) is 3.64. The van der Waals surface area contributed by atoms with Gasteiger partial charge in [0, 0.05) is 32.3 Å². The Morgan fingerprint density at radius 2 is 2.12 bits per heavy atom. The normalized spacial score (nSPS) is 37.8. The zero-order valence-electron chi connectivity index (χ0n) is 11.8. The van der Waals surface area contributed by atoms with E-state index in [0.717, 1.165) is 13.1 Å². The van der Waals surface area contributed by atoms with Gasteiger partial charge in [0.2, 0.25) is 0 Å². The van der Waals surface area contributed by atoms with Crippen LogP contribution in [0.5, 0.6) is 0 Å². The Labute approximate surface area is 106 Å². The zero-order chi connectivity index (χ0) is 12.5. The van der Waals surface area contributed by atoms with Crippen LogP contribution in [0.2, 0.25) is 0 Å². The molecule has 3 atom stereocenters. The van der Waals surface area contributed by atoms with Crippen LogP contribution >= 0.6 is 0 Å². The first kappa shape index (κ1) is 13.3. The lowest BCUT2D eigenvalue weighted by Crippen LogP contribution is -2.51. The van der Waals surface area contributed by atoms with Crippen molar-refractivity contribution in [2.45, 2.75) is 58.2 Å². The van der Waals surface area contributed by atoms with E-state index in [0.29, 0.717) is 23.6 Å². The molecule has 0 bridgehead atoms. The van der Waals surface area contributed by atoms with Gasteiger partial charge in [-0.2, -0.15) is 0 Å². The first-order valence-electron chi connectivity index (χ1n) is 7.08. The van der Waals surface area contributed by atoms with E-state index >= 15 is 0 Å². The molecule has 1 heterocycles. The van der Waals surface area contributed by atoms with Crippen LogP contribution in [0.3, 0.4) is 0 Å². The van der Waals surface area contributed by atoms with Gasteiger partial charge in [-0.15, -0.1) is 0 Å². The number of likely N-dealkylation sites (N-methyl/N-ethyl adjacent to an activating group) is 1. The Balaban J connectivity index is 2.00. The van der Waals surface area contributed by atoms with E-state index in [1.165, 1.54) is 25.8 Å². The molecule has 2 fully saturated rings. The van der Waals surface area contributed by atoms with Crippen LogP contribution in [0.15, 0.2) is 0 Å². The SMILES string of the molecule is CCNC1C(N2CCC(OC)C2)CCC1(C)C. The van der Waals surface area contributed by atoms with E-state index in [9.17, 15) is 0 Å². The van der Waals surface area contributed by atoms with Gasteiger partial charge in [0.25, 0.3) is 0 Å². The second kappa shape index (κ2) is 5.25. The number of ether oxygens (including phenoxy) is 1. The molecule has 3 unspecified atom stereocenters. The van der Waals surface area contributed by atoms with E-state index in [1.807, 2.05) is 7.11 Å². The molecule has 0 aromatic rings. The molecule has 1 saturated heterocycles. The molecule has 100 valence electrons. The van der Waals surface area contributed by atoms with Crippen LogP contribution in [0, 0.1) is 5.41 Å². The lowest BCUT2D eigenvalue weighted by atomic mass is 9.86. The van der Waals surface area contributed by atoms with Gasteiger partial charge in [-0.05, 0) is 31.2 Å². The summed E-state index contributed by atoms with van der Waals surface area (Å²) in [7, 11) is 1.84. The quantitative estimate of drug-likeness (QED) is 0.812. The third-order valence-corrected chi connectivity index (χ3v) is 4.71. The smallest absolute Gasteiger partial charge is 0.0710 e. The predicted molar refractivity (Wildman–Crippen MR) is 71.3 cm³/mol. The lowest BCUT2D eigenvalue weighted by Gasteiger charge is -2.36. The number of nitrogens with zero attached hydrogens (tertiary/aromatic N) is 1. The second-order valence-corrected chi connectivity index (χ2v) is 6.27. The Kier molecular flexibility index (Phi) is 4.11. The molecule has 17 heavy (non-hydrogen) atoms. The Morgan fingerprint density at radius 3 is 2.71 bits per heavy atom. The third kappa shape index (κ3) is 2.67. The molecule has 1 aliphatic carbocycles. The molecule has 0 aromatic heterocycles. The van der Waals surface area contributed by atoms with Crippen molar-refractivity contribution < 1.29 is 4.74 Å². The van der Waals surface area contributed by atoms with Crippen molar-refractivity contribution in [3.63, 3.8) is 0 Å². The summed E-state index contributed by atoms with van der Waals surface area (Å²) in [6.45, 7) is 10.4. The molecule has 0 amide bonds. The van der Waals surface area contributed by atoms with Gasteiger partial charge in [0.1, 0.15) is 0 Å². The Hall–Kier alpha value is -0.120. The summed E-state index contributed by atoms with van der Waals surface area (Å²) in [4.78, 5) is 2.65. The highest BCUT2D eigenvalue weighted by Crippen LogP contribution is 2.40. The fraction of sp³-hybridized carbons (Fsp3) is 1.00. The minimum absolute atomic E-state index is 0.436. The minimum atomic E-state index is 0.436. The van der Waals surface area contributed by atoms with Gasteiger partial charge in [0.05, 0.1) is 6.10 Å². The van der Waals surface area contributed by atoms with Crippen LogP contribution in [-0.4, -0.2) is 49.8 Å². The van der Waals surface area contributed by atoms with Crippen molar-refractivity contribution in [1.29, 1.82) is 0 Å². The van der Waals surface area contributed by atoms with Crippen LogP contribution in [0.25, 0.3) is 0 Å². The van der Waals surface area contributed by atoms with Gasteiger partial charge in [-0.3, -0.25) is 4.90 Å². The summed E-state index contributed by atoms with van der Waals surface area (Å²) >= 11 is 0. The van der Waals surface area contributed by atoms with Gasteiger partial charge >= 0.3 is 0 Å².